The first kappa shape index (κ1) is 15.7. The number of para-hydroxylation sites is 1. The average molecular weight is 288 g/mol. The number of nitrogens with zero attached hydrogens (tertiary/aromatic N) is 1. The van der Waals surface area contributed by atoms with Crippen molar-refractivity contribution < 1.29 is 9.59 Å². The minimum absolute atomic E-state index is 0.0485. The summed E-state index contributed by atoms with van der Waals surface area (Å²) in [5.74, 6) is -0.516. The molecule has 1 aromatic carbocycles. The van der Waals surface area contributed by atoms with Crippen molar-refractivity contribution in [2.75, 3.05) is 18.0 Å². The molecule has 0 saturated carbocycles. The van der Waals surface area contributed by atoms with Crippen LogP contribution in [0.2, 0.25) is 0 Å². The van der Waals surface area contributed by atoms with E-state index in [2.05, 4.69) is 33.0 Å². The van der Waals surface area contributed by atoms with E-state index >= 15 is 0 Å². The molecule has 1 N–H and O–H groups in total. The highest BCUT2D eigenvalue weighted by atomic mass is 16.2. The van der Waals surface area contributed by atoms with Crippen molar-refractivity contribution in [2.24, 2.45) is 5.92 Å². The Morgan fingerprint density at radius 2 is 1.90 bits per heavy atom. The molecule has 4 heteroatoms. The molecule has 0 bridgehead atoms. The summed E-state index contributed by atoms with van der Waals surface area (Å²) in [7, 11) is 0. The lowest BCUT2D eigenvalue weighted by Gasteiger charge is -2.26. The van der Waals surface area contributed by atoms with Crippen molar-refractivity contribution in [3.8, 4) is 0 Å². The Hall–Kier alpha value is -1.68. The number of carbonyl (C=O) groups is 2. The molecule has 1 aliphatic rings. The molecule has 0 spiro atoms. The second kappa shape index (κ2) is 5.60. The van der Waals surface area contributed by atoms with Crippen LogP contribution < -0.4 is 10.2 Å². The minimum Gasteiger partial charge on any atom is -0.312 e. The smallest absolute Gasteiger partial charge is 0.299 e. The minimum atomic E-state index is -0.401. The van der Waals surface area contributed by atoms with Crippen LogP contribution in [0.15, 0.2) is 18.2 Å². The SMILES string of the molecule is Cc1cccc2c1N(CC(C)CNC(C)(C)C)C(=O)C2=O. The van der Waals surface area contributed by atoms with Gasteiger partial charge in [0.25, 0.3) is 11.7 Å². The number of amides is 1. The fourth-order valence-electron chi connectivity index (χ4n) is 2.57. The van der Waals surface area contributed by atoms with Gasteiger partial charge in [-0.3, -0.25) is 9.59 Å². The summed E-state index contributed by atoms with van der Waals surface area (Å²) in [6.45, 7) is 11.7. The van der Waals surface area contributed by atoms with E-state index in [1.165, 1.54) is 0 Å². The monoisotopic (exact) mass is 288 g/mol. The van der Waals surface area contributed by atoms with E-state index in [9.17, 15) is 9.59 Å². The van der Waals surface area contributed by atoms with Crippen LogP contribution in [-0.4, -0.2) is 30.3 Å². The standard InChI is InChI=1S/C17H24N2O2/c1-11(9-18-17(3,4)5)10-19-14-12(2)7-6-8-13(14)15(20)16(19)21/h6-8,11,18H,9-10H2,1-5H3. The predicted octanol–water partition coefficient (Wildman–Crippen LogP) is 2.55. The van der Waals surface area contributed by atoms with Crippen molar-refractivity contribution in [3.05, 3.63) is 29.3 Å². The molecule has 0 radical (unpaired) electrons. The van der Waals surface area contributed by atoms with Gasteiger partial charge < -0.3 is 10.2 Å². The second-order valence-electron chi connectivity index (χ2n) is 6.95. The van der Waals surface area contributed by atoms with E-state index in [0.717, 1.165) is 17.8 Å². The summed E-state index contributed by atoms with van der Waals surface area (Å²) < 4.78 is 0. The van der Waals surface area contributed by atoms with Gasteiger partial charge in [0.2, 0.25) is 0 Å². The molecule has 1 heterocycles. The number of rotatable bonds is 4. The first-order valence-electron chi connectivity index (χ1n) is 7.41. The van der Waals surface area contributed by atoms with E-state index in [1.54, 1.807) is 11.0 Å². The zero-order valence-electron chi connectivity index (χ0n) is 13.5. The number of benzene rings is 1. The third-order valence-electron chi connectivity index (χ3n) is 3.67. The van der Waals surface area contributed by atoms with E-state index in [0.29, 0.717) is 12.1 Å². The molecular weight excluding hydrogens is 264 g/mol. The maximum Gasteiger partial charge on any atom is 0.299 e. The van der Waals surface area contributed by atoms with Gasteiger partial charge in [-0.1, -0.05) is 19.1 Å². The lowest BCUT2D eigenvalue weighted by atomic mass is 10.1. The number of aryl methyl sites for hydroxylation is 1. The highest BCUT2D eigenvalue weighted by Crippen LogP contribution is 2.32. The number of ketones is 1. The number of Topliss-reactive ketones (excluding diaryl/α,β-unsaturated/α-hetero) is 1. The Labute approximate surface area is 126 Å². The molecule has 1 aromatic rings. The second-order valence-corrected chi connectivity index (χ2v) is 6.95. The van der Waals surface area contributed by atoms with Crippen LogP contribution >= 0.6 is 0 Å². The van der Waals surface area contributed by atoms with Gasteiger partial charge in [-0.2, -0.15) is 0 Å². The van der Waals surface area contributed by atoms with Crippen LogP contribution in [-0.2, 0) is 4.79 Å². The zero-order valence-corrected chi connectivity index (χ0v) is 13.5. The van der Waals surface area contributed by atoms with E-state index in [4.69, 9.17) is 0 Å². The number of hydrogen-bond donors (Lipinski definition) is 1. The average Bonchev–Trinajstić information content (AvgIpc) is 2.62. The summed E-state index contributed by atoms with van der Waals surface area (Å²) in [6.07, 6.45) is 0. The third kappa shape index (κ3) is 3.32. The van der Waals surface area contributed by atoms with Gasteiger partial charge in [-0.05, 0) is 51.8 Å². The van der Waals surface area contributed by atoms with Crippen LogP contribution in [0, 0.1) is 12.8 Å². The van der Waals surface area contributed by atoms with Crippen LogP contribution in [0.4, 0.5) is 5.69 Å². The van der Waals surface area contributed by atoms with E-state index < -0.39 is 5.91 Å². The molecule has 1 unspecified atom stereocenters. The zero-order chi connectivity index (χ0) is 15.8. The summed E-state index contributed by atoms with van der Waals surface area (Å²) in [5.41, 5.74) is 2.35. The van der Waals surface area contributed by atoms with Crippen molar-refractivity contribution in [2.45, 2.75) is 40.2 Å². The lowest BCUT2D eigenvalue weighted by molar-refractivity contribution is -0.114. The molecule has 1 atom stereocenters. The molecule has 1 aliphatic heterocycles. The largest absolute Gasteiger partial charge is 0.312 e. The van der Waals surface area contributed by atoms with E-state index in [-0.39, 0.29) is 17.2 Å². The third-order valence-corrected chi connectivity index (χ3v) is 3.67. The quantitative estimate of drug-likeness (QED) is 0.866. The predicted molar refractivity (Wildman–Crippen MR) is 84.8 cm³/mol. The normalized spacial score (nSPS) is 16.3. The fraction of sp³-hybridized carbons (Fsp3) is 0.529. The lowest BCUT2D eigenvalue weighted by Crippen LogP contribution is -2.42. The van der Waals surface area contributed by atoms with Gasteiger partial charge in [0.1, 0.15) is 0 Å². The number of anilines is 1. The van der Waals surface area contributed by atoms with Gasteiger partial charge in [0, 0.05) is 12.1 Å². The van der Waals surface area contributed by atoms with Crippen molar-refractivity contribution in [1.82, 2.24) is 5.32 Å². The summed E-state index contributed by atoms with van der Waals surface area (Å²) in [6, 6.07) is 5.50. The highest BCUT2D eigenvalue weighted by molar-refractivity contribution is 6.52. The first-order valence-corrected chi connectivity index (χ1v) is 7.41. The van der Waals surface area contributed by atoms with E-state index in [1.807, 2.05) is 19.1 Å². The molecule has 0 aliphatic carbocycles. The van der Waals surface area contributed by atoms with Crippen LogP contribution in [0.5, 0.6) is 0 Å². The van der Waals surface area contributed by atoms with Crippen molar-refractivity contribution in [3.63, 3.8) is 0 Å². The Balaban J connectivity index is 2.15. The highest BCUT2D eigenvalue weighted by Gasteiger charge is 2.37. The molecule has 1 amide bonds. The molecule has 0 fully saturated rings. The Bertz CT molecular complexity index is 573. The molecule has 2 rings (SSSR count). The molecule has 0 aromatic heterocycles. The molecule has 114 valence electrons. The van der Waals surface area contributed by atoms with Crippen molar-refractivity contribution in [1.29, 1.82) is 0 Å². The van der Waals surface area contributed by atoms with Crippen LogP contribution in [0.25, 0.3) is 0 Å². The van der Waals surface area contributed by atoms with Crippen LogP contribution in [0.1, 0.15) is 43.6 Å². The maximum atomic E-state index is 12.2. The molecule has 21 heavy (non-hydrogen) atoms. The molecule has 4 nitrogen and oxygen atoms in total. The van der Waals surface area contributed by atoms with Gasteiger partial charge >= 0.3 is 0 Å². The number of fused-ring (bicyclic) bond motifs is 1. The Morgan fingerprint density at radius 1 is 1.24 bits per heavy atom. The van der Waals surface area contributed by atoms with Gasteiger partial charge in [-0.15, -0.1) is 0 Å². The summed E-state index contributed by atoms with van der Waals surface area (Å²) in [4.78, 5) is 25.9. The maximum absolute atomic E-state index is 12.2. The number of hydrogen-bond acceptors (Lipinski definition) is 3. The number of carbonyl (C=O) groups excluding carboxylic acids is 2. The summed E-state index contributed by atoms with van der Waals surface area (Å²) >= 11 is 0. The van der Waals surface area contributed by atoms with Gasteiger partial charge in [0.15, 0.2) is 0 Å². The van der Waals surface area contributed by atoms with Gasteiger partial charge in [0.05, 0.1) is 11.3 Å². The Kier molecular flexibility index (Phi) is 4.19. The first-order chi connectivity index (χ1) is 9.70. The van der Waals surface area contributed by atoms with Crippen molar-refractivity contribution >= 4 is 17.4 Å². The van der Waals surface area contributed by atoms with Gasteiger partial charge in [-0.25, -0.2) is 0 Å². The molecular formula is C17H24N2O2. The number of nitrogens with one attached hydrogen (secondary N) is 1. The van der Waals surface area contributed by atoms with Crippen LogP contribution in [0.3, 0.4) is 0 Å². The molecule has 0 saturated heterocycles. The topological polar surface area (TPSA) is 49.4 Å². The Morgan fingerprint density at radius 3 is 2.52 bits per heavy atom. The summed E-state index contributed by atoms with van der Waals surface area (Å²) in [5, 5.41) is 3.44. The fourth-order valence-corrected chi connectivity index (χ4v) is 2.57.